The van der Waals surface area contributed by atoms with Gasteiger partial charge in [-0.25, -0.2) is 0 Å². The number of aliphatic hydroxyl groups excluding tert-OH is 1. The highest BCUT2D eigenvalue weighted by atomic mass is 16.5. The van der Waals surface area contributed by atoms with Crippen molar-refractivity contribution in [3.05, 3.63) is 0 Å². The minimum absolute atomic E-state index is 0.104. The zero-order valence-electron chi connectivity index (χ0n) is 8.87. The Kier molecular flexibility index (Phi) is 4.94. The Morgan fingerprint density at radius 2 is 2.14 bits per heavy atom. The molecule has 0 radical (unpaired) electrons. The number of rotatable bonds is 4. The summed E-state index contributed by atoms with van der Waals surface area (Å²) in [5, 5.41) is 8.76. The average molecular weight is 200 g/mol. The number of ether oxygens (including phenoxy) is 1. The van der Waals surface area contributed by atoms with E-state index >= 15 is 0 Å². The van der Waals surface area contributed by atoms with Crippen molar-refractivity contribution in [2.75, 3.05) is 6.61 Å². The summed E-state index contributed by atoms with van der Waals surface area (Å²) in [5.74, 6) is 0.297. The molecule has 0 aromatic heterocycles. The molecular weight excluding hydrogens is 180 g/mol. The molecule has 3 heteroatoms. The first-order chi connectivity index (χ1) is 6.74. The molecule has 1 aliphatic carbocycles. The minimum Gasteiger partial charge on any atom is -0.462 e. The molecule has 0 saturated heterocycles. The number of hydrogen-bond acceptors (Lipinski definition) is 3. The van der Waals surface area contributed by atoms with E-state index in [1.165, 1.54) is 13.3 Å². The highest BCUT2D eigenvalue weighted by molar-refractivity contribution is 5.66. The standard InChI is InChI=1S/C11H20O3/c1-9(13)14-11-7-3-2-5-10(11)6-4-8-12/h10-12H,2-8H2,1H3/t10-,11+/m0/s1. The molecular formula is C11H20O3. The SMILES string of the molecule is CC(=O)O[C@@H]1CCCC[C@H]1CCCO. The molecule has 0 aromatic rings. The minimum atomic E-state index is -0.175. The molecule has 1 aliphatic rings. The molecule has 0 aromatic carbocycles. The van der Waals surface area contributed by atoms with Crippen LogP contribution in [0.1, 0.15) is 45.4 Å². The van der Waals surface area contributed by atoms with Gasteiger partial charge in [0, 0.05) is 13.5 Å². The third-order valence-corrected chi connectivity index (χ3v) is 2.89. The van der Waals surface area contributed by atoms with Crippen LogP contribution in [0.3, 0.4) is 0 Å². The van der Waals surface area contributed by atoms with Crippen molar-refractivity contribution >= 4 is 5.97 Å². The summed E-state index contributed by atoms with van der Waals surface area (Å²) in [4.78, 5) is 10.9. The molecule has 0 spiro atoms. The topological polar surface area (TPSA) is 46.5 Å². The van der Waals surface area contributed by atoms with Gasteiger partial charge in [-0.05, 0) is 38.0 Å². The van der Waals surface area contributed by atoms with Crippen LogP contribution in [0.4, 0.5) is 0 Å². The molecule has 0 heterocycles. The average Bonchev–Trinajstić information content (AvgIpc) is 2.16. The first-order valence-electron chi connectivity index (χ1n) is 5.52. The molecule has 0 bridgehead atoms. The number of hydrogen-bond donors (Lipinski definition) is 1. The fraction of sp³-hybridized carbons (Fsp3) is 0.909. The summed E-state index contributed by atoms with van der Waals surface area (Å²) in [6.45, 7) is 1.71. The Bertz CT molecular complexity index is 179. The summed E-state index contributed by atoms with van der Waals surface area (Å²) in [7, 11) is 0. The number of esters is 1. The molecule has 2 atom stereocenters. The Morgan fingerprint density at radius 1 is 1.43 bits per heavy atom. The third kappa shape index (κ3) is 3.66. The maximum Gasteiger partial charge on any atom is 0.302 e. The van der Waals surface area contributed by atoms with Gasteiger partial charge in [0.1, 0.15) is 6.10 Å². The van der Waals surface area contributed by atoms with Crippen molar-refractivity contribution in [2.24, 2.45) is 5.92 Å². The summed E-state index contributed by atoms with van der Waals surface area (Å²) in [6.07, 6.45) is 6.43. The lowest BCUT2D eigenvalue weighted by Gasteiger charge is -2.30. The van der Waals surface area contributed by atoms with E-state index in [1.54, 1.807) is 0 Å². The predicted octanol–water partition coefficient (Wildman–Crippen LogP) is 1.88. The molecule has 14 heavy (non-hydrogen) atoms. The van der Waals surface area contributed by atoms with Crippen molar-refractivity contribution in [1.29, 1.82) is 0 Å². The maximum absolute atomic E-state index is 10.9. The number of carbonyl (C=O) groups is 1. The smallest absolute Gasteiger partial charge is 0.302 e. The van der Waals surface area contributed by atoms with E-state index in [0.29, 0.717) is 5.92 Å². The van der Waals surface area contributed by atoms with E-state index in [9.17, 15) is 4.79 Å². The predicted molar refractivity (Wildman–Crippen MR) is 53.8 cm³/mol. The number of aliphatic hydroxyl groups is 1. The van der Waals surface area contributed by atoms with Gasteiger partial charge in [-0.2, -0.15) is 0 Å². The zero-order valence-corrected chi connectivity index (χ0v) is 8.87. The van der Waals surface area contributed by atoms with Crippen LogP contribution >= 0.6 is 0 Å². The van der Waals surface area contributed by atoms with Crippen molar-refractivity contribution in [1.82, 2.24) is 0 Å². The summed E-state index contributed by atoms with van der Waals surface area (Å²) in [6, 6.07) is 0. The Balaban J connectivity index is 2.37. The van der Waals surface area contributed by atoms with Crippen LogP contribution in [0, 0.1) is 5.92 Å². The molecule has 0 aliphatic heterocycles. The Morgan fingerprint density at radius 3 is 2.79 bits per heavy atom. The second-order valence-corrected chi connectivity index (χ2v) is 4.06. The highest BCUT2D eigenvalue weighted by Crippen LogP contribution is 2.30. The van der Waals surface area contributed by atoms with Gasteiger partial charge in [0.2, 0.25) is 0 Å². The van der Waals surface area contributed by atoms with E-state index in [1.807, 2.05) is 0 Å². The van der Waals surface area contributed by atoms with E-state index in [0.717, 1.165) is 32.1 Å². The van der Waals surface area contributed by atoms with Crippen LogP contribution in [0.15, 0.2) is 0 Å². The van der Waals surface area contributed by atoms with Gasteiger partial charge in [0.25, 0.3) is 0 Å². The van der Waals surface area contributed by atoms with Crippen LogP contribution < -0.4 is 0 Å². The lowest BCUT2D eigenvalue weighted by molar-refractivity contribution is -0.151. The largest absolute Gasteiger partial charge is 0.462 e. The van der Waals surface area contributed by atoms with Gasteiger partial charge in [0.15, 0.2) is 0 Å². The zero-order chi connectivity index (χ0) is 10.4. The molecule has 82 valence electrons. The van der Waals surface area contributed by atoms with E-state index in [2.05, 4.69) is 0 Å². The van der Waals surface area contributed by atoms with Gasteiger partial charge in [0.05, 0.1) is 0 Å². The number of carbonyl (C=O) groups excluding carboxylic acids is 1. The van der Waals surface area contributed by atoms with Gasteiger partial charge >= 0.3 is 5.97 Å². The van der Waals surface area contributed by atoms with Gasteiger partial charge in [-0.3, -0.25) is 4.79 Å². The van der Waals surface area contributed by atoms with Crippen molar-refractivity contribution in [2.45, 2.75) is 51.6 Å². The second-order valence-electron chi connectivity index (χ2n) is 4.06. The fourth-order valence-electron chi connectivity index (χ4n) is 2.23. The first-order valence-corrected chi connectivity index (χ1v) is 5.52. The lowest BCUT2D eigenvalue weighted by Crippen LogP contribution is -2.29. The summed E-state index contributed by atoms with van der Waals surface area (Å²) in [5.41, 5.74) is 0. The van der Waals surface area contributed by atoms with Crippen LogP contribution in [-0.4, -0.2) is 23.8 Å². The van der Waals surface area contributed by atoms with Crippen LogP contribution in [-0.2, 0) is 9.53 Å². The molecule has 0 amide bonds. The molecule has 3 nitrogen and oxygen atoms in total. The van der Waals surface area contributed by atoms with Gasteiger partial charge in [-0.15, -0.1) is 0 Å². The van der Waals surface area contributed by atoms with Crippen molar-refractivity contribution in [3.63, 3.8) is 0 Å². The molecule has 1 fully saturated rings. The second kappa shape index (κ2) is 6.02. The molecule has 1 saturated carbocycles. The van der Waals surface area contributed by atoms with Crippen LogP contribution in [0.2, 0.25) is 0 Å². The van der Waals surface area contributed by atoms with Crippen LogP contribution in [0.25, 0.3) is 0 Å². The van der Waals surface area contributed by atoms with E-state index in [4.69, 9.17) is 9.84 Å². The maximum atomic E-state index is 10.9. The monoisotopic (exact) mass is 200 g/mol. The summed E-state index contributed by atoms with van der Waals surface area (Å²) < 4.78 is 5.28. The van der Waals surface area contributed by atoms with Crippen molar-refractivity contribution in [3.8, 4) is 0 Å². The third-order valence-electron chi connectivity index (χ3n) is 2.89. The van der Waals surface area contributed by atoms with Crippen LogP contribution in [0.5, 0.6) is 0 Å². The summed E-state index contributed by atoms with van der Waals surface area (Å²) >= 11 is 0. The van der Waals surface area contributed by atoms with Crippen molar-refractivity contribution < 1.29 is 14.6 Å². The van der Waals surface area contributed by atoms with E-state index in [-0.39, 0.29) is 18.7 Å². The molecule has 1 N–H and O–H groups in total. The highest BCUT2D eigenvalue weighted by Gasteiger charge is 2.26. The normalized spacial score (nSPS) is 27.3. The van der Waals surface area contributed by atoms with Gasteiger partial charge < -0.3 is 9.84 Å². The molecule has 1 rings (SSSR count). The first kappa shape index (κ1) is 11.5. The molecule has 0 unspecified atom stereocenters. The van der Waals surface area contributed by atoms with Gasteiger partial charge in [-0.1, -0.05) is 6.42 Å². The quantitative estimate of drug-likeness (QED) is 0.705. The fourth-order valence-corrected chi connectivity index (χ4v) is 2.23. The Hall–Kier alpha value is -0.570. The van der Waals surface area contributed by atoms with E-state index < -0.39 is 0 Å². The Labute approximate surface area is 85.5 Å². The lowest BCUT2D eigenvalue weighted by atomic mass is 9.83.